The van der Waals surface area contributed by atoms with Crippen molar-refractivity contribution < 1.29 is 19.4 Å². The molecule has 2 rings (SSSR count). The third kappa shape index (κ3) is 4.18. The molecular formula is C15H20N2O4. The molecule has 1 aromatic heterocycles. The number of carbonyl (C=O) groups excluding carboxylic acids is 1. The summed E-state index contributed by atoms with van der Waals surface area (Å²) >= 11 is 0. The summed E-state index contributed by atoms with van der Waals surface area (Å²) in [6, 6.07) is 3.62. The fourth-order valence-corrected chi connectivity index (χ4v) is 2.64. The van der Waals surface area contributed by atoms with E-state index < -0.39 is 11.9 Å². The molecular weight excluding hydrogens is 272 g/mol. The molecule has 1 saturated heterocycles. The Bertz CT molecular complexity index is 510. The van der Waals surface area contributed by atoms with E-state index >= 15 is 0 Å². The van der Waals surface area contributed by atoms with Crippen LogP contribution in [-0.4, -0.2) is 42.2 Å². The van der Waals surface area contributed by atoms with Gasteiger partial charge in [0, 0.05) is 31.4 Å². The van der Waals surface area contributed by atoms with Crippen LogP contribution in [0.2, 0.25) is 0 Å². The first-order chi connectivity index (χ1) is 10.1. The maximum absolute atomic E-state index is 11.5. The van der Waals surface area contributed by atoms with Gasteiger partial charge < -0.3 is 14.7 Å². The first-order valence-electron chi connectivity index (χ1n) is 7.11. The van der Waals surface area contributed by atoms with Gasteiger partial charge in [-0.2, -0.15) is 0 Å². The molecule has 0 aliphatic carbocycles. The lowest BCUT2D eigenvalue weighted by Crippen LogP contribution is -2.34. The Kier molecular flexibility index (Phi) is 5.14. The third-order valence-electron chi connectivity index (χ3n) is 3.88. The molecule has 0 radical (unpaired) electrons. The Morgan fingerprint density at radius 2 is 2.14 bits per heavy atom. The Balaban J connectivity index is 1.93. The molecule has 6 nitrogen and oxygen atoms in total. The van der Waals surface area contributed by atoms with Gasteiger partial charge in [-0.25, -0.2) is 9.78 Å². The number of hydrogen-bond acceptors (Lipinski definition) is 5. The fourth-order valence-electron chi connectivity index (χ4n) is 2.64. The van der Waals surface area contributed by atoms with Crippen LogP contribution in [0, 0.1) is 5.92 Å². The average molecular weight is 292 g/mol. The van der Waals surface area contributed by atoms with Gasteiger partial charge in [-0.1, -0.05) is 0 Å². The van der Waals surface area contributed by atoms with Crippen LogP contribution in [0.15, 0.2) is 18.3 Å². The molecule has 0 aromatic carbocycles. The fraction of sp³-hybridized carbons (Fsp3) is 0.533. The lowest BCUT2D eigenvalue weighted by atomic mass is 9.92. The number of carbonyl (C=O) groups is 2. The van der Waals surface area contributed by atoms with Gasteiger partial charge in [0.25, 0.3) is 0 Å². The van der Waals surface area contributed by atoms with Crippen LogP contribution in [0.1, 0.15) is 36.2 Å². The second kappa shape index (κ2) is 7.06. The lowest BCUT2D eigenvalue weighted by Gasteiger charge is -2.33. The minimum atomic E-state index is -0.728. The Morgan fingerprint density at radius 1 is 1.43 bits per heavy atom. The standard InChI is InChI=1S/C15H20N2O4/c1-21-15(20)13-10-12(4-7-16-13)17-8-5-11(6-9-17)2-3-14(18)19/h4,7,10-11H,2-3,5-6,8-9H2,1H3,(H,18,19). The zero-order valence-corrected chi connectivity index (χ0v) is 12.1. The Labute approximate surface area is 123 Å². The van der Waals surface area contributed by atoms with E-state index in [9.17, 15) is 9.59 Å². The second-order valence-electron chi connectivity index (χ2n) is 5.25. The molecule has 0 bridgehead atoms. The number of anilines is 1. The van der Waals surface area contributed by atoms with E-state index in [1.165, 1.54) is 7.11 Å². The van der Waals surface area contributed by atoms with Gasteiger partial charge in [0.1, 0.15) is 5.69 Å². The van der Waals surface area contributed by atoms with Crippen LogP contribution in [0.3, 0.4) is 0 Å². The molecule has 0 unspecified atom stereocenters. The maximum atomic E-state index is 11.5. The number of carboxylic acids is 1. The summed E-state index contributed by atoms with van der Waals surface area (Å²) in [5.41, 5.74) is 1.27. The summed E-state index contributed by atoms with van der Waals surface area (Å²) in [5, 5.41) is 8.72. The van der Waals surface area contributed by atoms with E-state index in [2.05, 4.69) is 14.6 Å². The van der Waals surface area contributed by atoms with Crippen molar-refractivity contribution in [1.82, 2.24) is 4.98 Å². The maximum Gasteiger partial charge on any atom is 0.356 e. The molecule has 1 aliphatic heterocycles. The molecule has 0 amide bonds. The van der Waals surface area contributed by atoms with Crippen molar-refractivity contribution in [1.29, 1.82) is 0 Å². The van der Waals surface area contributed by atoms with Crippen LogP contribution >= 0.6 is 0 Å². The monoisotopic (exact) mass is 292 g/mol. The van der Waals surface area contributed by atoms with E-state index in [4.69, 9.17) is 5.11 Å². The van der Waals surface area contributed by atoms with Gasteiger partial charge in [-0.05, 0) is 37.3 Å². The van der Waals surface area contributed by atoms with Crippen LogP contribution in [0.25, 0.3) is 0 Å². The van der Waals surface area contributed by atoms with Crippen LogP contribution < -0.4 is 4.90 Å². The number of nitrogens with zero attached hydrogens (tertiary/aromatic N) is 2. The van der Waals surface area contributed by atoms with Gasteiger partial charge in [-0.3, -0.25) is 4.79 Å². The van der Waals surface area contributed by atoms with Crippen molar-refractivity contribution in [2.75, 3.05) is 25.1 Å². The van der Waals surface area contributed by atoms with E-state index in [1.807, 2.05) is 6.07 Å². The first-order valence-corrected chi connectivity index (χ1v) is 7.11. The average Bonchev–Trinajstić information content (AvgIpc) is 2.52. The molecule has 114 valence electrons. The van der Waals surface area contributed by atoms with Gasteiger partial charge in [0.05, 0.1) is 7.11 Å². The number of rotatable bonds is 5. The number of ether oxygens (including phenoxy) is 1. The zero-order chi connectivity index (χ0) is 15.2. The van der Waals surface area contributed by atoms with Crippen molar-refractivity contribution >= 4 is 17.6 Å². The van der Waals surface area contributed by atoms with E-state index in [0.29, 0.717) is 11.6 Å². The van der Waals surface area contributed by atoms with Crippen molar-refractivity contribution in [3.63, 3.8) is 0 Å². The molecule has 0 atom stereocenters. The van der Waals surface area contributed by atoms with Crippen LogP contribution in [0.5, 0.6) is 0 Å². The summed E-state index contributed by atoms with van der Waals surface area (Å²) in [6.45, 7) is 1.74. The Morgan fingerprint density at radius 3 is 2.76 bits per heavy atom. The van der Waals surface area contributed by atoms with E-state index in [1.54, 1.807) is 12.3 Å². The normalized spacial score (nSPS) is 15.8. The van der Waals surface area contributed by atoms with E-state index in [-0.39, 0.29) is 6.42 Å². The van der Waals surface area contributed by atoms with Crippen molar-refractivity contribution in [3.05, 3.63) is 24.0 Å². The minimum absolute atomic E-state index is 0.242. The Hall–Kier alpha value is -2.11. The third-order valence-corrected chi connectivity index (χ3v) is 3.88. The number of aliphatic carboxylic acids is 1. The van der Waals surface area contributed by atoms with Crippen LogP contribution in [0.4, 0.5) is 5.69 Å². The molecule has 21 heavy (non-hydrogen) atoms. The molecule has 2 heterocycles. The highest BCUT2D eigenvalue weighted by Crippen LogP contribution is 2.26. The van der Waals surface area contributed by atoms with Gasteiger partial charge >= 0.3 is 11.9 Å². The summed E-state index contributed by atoms with van der Waals surface area (Å²) in [6.07, 6.45) is 4.55. The molecule has 1 fully saturated rings. The van der Waals surface area contributed by atoms with E-state index in [0.717, 1.165) is 38.0 Å². The van der Waals surface area contributed by atoms with Gasteiger partial charge in [-0.15, -0.1) is 0 Å². The number of methoxy groups -OCH3 is 1. The topological polar surface area (TPSA) is 79.7 Å². The predicted octanol–water partition coefficient (Wildman–Crippen LogP) is 1.95. The summed E-state index contributed by atoms with van der Waals surface area (Å²) in [7, 11) is 1.34. The minimum Gasteiger partial charge on any atom is -0.481 e. The SMILES string of the molecule is COC(=O)c1cc(N2CCC(CCC(=O)O)CC2)ccn1. The van der Waals surface area contributed by atoms with Gasteiger partial charge in [0.2, 0.25) is 0 Å². The number of carboxylic acid groups (broad SMARTS) is 1. The molecule has 1 aliphatic rings. The second-order valence-corrected chi connectivity index (χ2v) is 5.25. The smallest absolute Gasteiger partial charge is 0.356 e. The number of hydrogen-bond donors (Lipinski definition) is 1. The highest BCUT2D eigenvalue weighted by atomic mass is 16.5. The number of aromatic nitrogens is 1. The molecule has 1 N–H and O–H groups in total. The van der Waals surface area contributed by atoms with Crippen molar-refractivity contribution in [3.8, 4) is 0 Å². The molecule has 1 aromatic rings. The highest BCUT2D eigenvalue weighted by molar-refractivity contribution is 5.88. The predicted molar refractivity (Wildman–Crippen MR) is 77.4 cm³/mol. The largest absolute Gasteiger partial charge is 0.481 e. The van der Waals surface area contributed by atoms with Crippen molar-refractivity contribution in [2.45, 2.75) is 25.7 Å². The van der Waals surface area contributed by atoms with Gasteiger partial charge in [0.15, 0.2) is 0 Å². The zero-order valence-electron chi connectivity index (χ0n) is 12.1. The van der Waals surface area contributed by atoms with Crippen molar-refractivity contribution in [2.24, 2.45) is 5.92 Å². The summed E-state index contributed by atoms with van der Waals surface area (Å²) in [5.74, 6) is -0.693. The number of esters is 1. The molecule has 6 heteroatoms. The summed E-state index contributed by atoms with van der Waals surface area (Å²) < 4.78 is 4.67. The lowest BCUT2D eigenvalue weighted by molar-refractivity contribution is -0.137. The molecule has 0 saturated carbocycles. The molecule has 0 spiro atoms. The number of piperidine rings is 1. The highest BCUT2D eigenvalue weighted by Gasteiger charge is 2.21. The number of pyridine rings is 1. The quantitative estimate of drug-likeness (QED) is 0.836. The van der Waals surface area contributed by atoms with Crippen LogP contribution in [-0.2, 0) is 9.53 Å². The first kappa shape index (κ1) is 15.3. The summed E-state index contributed by atoms with van der Waals surface area (Å²) in [4.78, 5) is 28.3.